The summed E-state index contributed by atoms with van der Waals surface area (Å²) < 4.78 is 27.2. The van der Waals surface area contributed by atoms with Crippen molar-refractivity contribution in [3.8, 4) is 22.3 Å². The Morgan fingerprint density at radius 1 is 0.571 bits per heavy atom. The van der Waals surface area contributed by atoms with Crippen molar-refractivity contribution in [3.05, 3.63) is 143 Å². The van der Waals surface area contributed by atoms with Gasteiger partial charge in [-0.15, -0.1) is 0 Å². The van der Waals surface area contributed by atoms with Crippen LogP contribution >= 0.6 is 0 Å². The van der Waals surface area contributed by atoms with Crippen LogP contribution in [0.1, 0.15) is 85.7 Å². The summed E-state index contributed by atoms with van der Waals surface area (Å²) in [5.74, 6) is -2.20. The summed E-state index contributed by atoms with van der Waals surface area (Å²) in [6.45, 7) is 0. The number of benzene rings is 4. The molecule has 10 nitrogen and oxygen atoms in total. The SMILES string of the molecule is O=C(O)C[C@H](O)C[C@H](O)/C=C\c1c(C2CC2)nc2ccccc2c1-c1ccc(F)cc1.O=C(O)C[C@H](O)C[C@H](O)/C=C\c1c(C2CC2)nc2ccccc2c1-c1ccc(F)cc1.[Ca]. The summed E-state index contributed by atoms with van der Waals surface area (Å²) >= 11 is 0. The maximum absolute atomic E-state index is 13.6. The van der Waals surface area contributed by atoms with Crippen LogP contribution in [-0.4, -0.2) is 115 Å². The van der Waals surface area contributed by atoms with E-state index in [1.165, 1.54) is 24.3 Å². The third-order valence-corrected chi connectivity index (χ3v) is 10.9. The van der Waals surface area contributed by atoms with Crippen LogP contribution in [0.25, 0.3) is 56.2 Å². The molecular formula is C50H48CaF2N2O8. The molecule has 8 rings (SSSR count). The summed E-state index contributed by atoms with van der Waals surface area (Å²) in [6.07, 6.45) is 5.60. The Balaban J connectivity index is 0.000000206. The van der Waals surface area contributed by atoms with E-state index in [9.17, 15) is 38.8 Å². The van der Waals surface area contributed by atoms with Crippen LogP contribution in [0.5, 0.6) is 0 Å². The number of carboxylic acid groups (broad SMARTS) is 2. The predicted molar refractivity (Wildman–Crippen MR) is 240 cm³/mol. The Hall–Kier alpha value is -4.92. The molecule has 0 aliphatic heterocycles. The Morgan fingerprint density at radius 3 is 1.25 bits per heavy atom. The third kappa shape index (κ3) is 12.6. The molecule has 6 N–H and O–H groups in total. The second-order valence-electron chi connectivity index (χ2n) is 16.0. The minimum Gasteiger partial charge on any atom is -0.481 e. The second-order valence-corrected chi connectivity index (χ2v) is 16.0. The molecule has 0 amide bonds. The molecule has 2 aliphatic rings. The fraction of sp³-hybridized carbons (Fsp3) is 0.280. The quantitative estimate of drug-likeness (QED) is 0.0515. The van der Waals surface area contributed by atoms with Crippen molar-refractivity contribution in [1.82, 2.24) is 9.97 Å². The van der Waals surface area contributed by atoms with Crippen molar-refractivity contribution in [2.45, 2.75) is 87.6 Å². The van der Waals surface area contributed by atoms with Crippen molar-refractivity contribution in [3.63, 3.8) is 0 Å². The number of pyridine rings is 2. The zero-order valence-corrected chi connectivity index (χ0v) is 36.7. The first-order valence-corrected chi connectivity index (χ1v) is 20.7. The number of fused-ring (bicyclic) bond motifs is 2. The largest absolute Gasteiger partial charge is 0.481 e. The van der Waals surface area contributed by atoms with Crippen LogP contribution in [0.3, 0.4) is 0 Å². The number of para-hydroxylation sites is 2. The molecule has 63 heavy (non-hydrogen) atoms. The Labute approximate surface area is 393 Å². The average molecular weight is 883 g/mol. The summed E-state index contributed by atoms with van der Waals surface area (Å²) in [4.78, 5) is 31.3. The van der Waals surface area contributed by atoms with Gasteiger partial charge in [-0.25, -0.2) is 8.78 Å². The van der Waals surface area contributed by atoms with Gasteiger partial charge >= 0.3 is 11.9 Å². The molecule has 0 bridgehead atoms. The molecule has 2 aliphatic carbocycles. The topological polar surface area (TPSA) is 181 Å². The van der Waals surface area contributed by atoms with Crippen LogP contribution in [0, 0.1) is 11.6 Å². The number of aromatic nitrogens is 2. The van der Waals surface area contributed by atoms with Crippen LogP contribution in [-0.2, 0) is 9.59 Å². The number of halogens is 2. The van der Waals surface area contributed by atoms with Crippen LogP contribution in [0.2, 0.25) is 0 Å². The Kier molecular flexibility index (Phi) is 16.3. The summed E-state index contributed by atoms with van der Waals surface area (Å²) in [6, 6.07) is 28.2. The molecule has 0 saturated heterocycles. The van der Waals surface area contributed by atoms with Gasteiger partial charge in [-0.3, -0.25) is 19.6 Å². The first kappa shape index (κ1) is 47.6. The molecule has 2 radical (unpaired) electrons. The fourth-order valence-electron chi connectivity index (χ4n) is 7.72. The van der Waals surface area contributed by atoms with Gasteiger partial charge in [-0.05, 0) is 73.2 Å². The van der Waals surface area contributed by atoms with E-state index in [4.69, 9.17) is 20.2 Å². The summed E-state index contributed by atoms with van der Waals surface area (Å²) in [7, 11) is 0. The molecule has 0 spiro atoms. The number of aliphatic carboxylic acids is 2. The average Bonchev–Trinajstić information content (AvgIpc) is 4.17. The van der Waals surface area contributed by atoms with Gasteiger partial charge in [0.25, 0.3) is 0 Å². The van der Waals surface area contributed by atoms with Gasteiger partial charge in [-0.1, -0.05) is 85.0 Å². The van der Waals surface area contributed by atoms with Crippen molar-refractivity contribution < 1.29 is 49.0 Å². The summed E-state index contributed by atoms with van der Waals surface area (Å²) in [5, 5.41) is 59.8. The van der Waals surface area contributed by atoms with E-state index in [-0.39, 0.29) is 62.2 Å². The van der Waals surface area contributed by atoms with E-state index >= 15 is 0 Å². The van der Waals surface area contributed by atoms with Crippen molar-refractivity contribution >= 4 is 83.6 Å². The minimum absolute atomic E-state index is 0. The van der Waals surface area contributed by atoms with Crippen molar-refractivity contribution in [2.24, 2.45) is 0 Å². The monoisotopic (exact) mass is 882 g/mol. The van der Waals surface area contributed by atoms with E-state index in [1.54, 1.807) is 48.6 Å². The van der Waals surface area contributed by atoms with E-state index in [2.05, 4.69) is 0 Å². The van der Waals surface area contributed by atoms with E-state index in [1.807, 2.05) is 48.5 Å². The Bertz CT molecular complexity index is 2430. The maximum Gasteiger partial charge on any atom is 0.305 e. The molecule has 2 heterocycles. The molecule has 6 aromatic rings. The minimum atomic E-state index is -1.13. The predicted octanol–water partition coefficient (Wildman–Crippen LogP) is 8.66. The zero-order valence-electron chi connectivity index (χ0n) is 34.5. The number of aliphatic hydroxyl groups excluding tert-OH is 4. The van der Waals surface area contributed by atoms with Crippen LogP contribution in [0.15, 0.2) is 109 Å². The van der Waals surface area contributed by atoms with Gasteiger partial charge in [0.1, 0.15) is 11.6 Å². The van der Waals surface area contributed by atoms with Gasteiger partial charge in [-0.2, -0.15) is 0 Å². The van der Waals surface area contributed by atoms with E-state index < -0.39 is 49.2 Å². The van der Waals surface area contributed by atoms with Crippen LogP contribution < -0.4 is 0 Å². The number of aliphatic hydroxyl groups is 4. The standard InChI is InChI=1S/2C25H24FNO4.Ca/c2*26-17-9-7-15(8-10-17)24-20-3-1-2-4-22(20)27-25(16-5-6-16)21(24)12-11-18(28)13-19(29)14-23(30)31;/h2*1-4,7-12,16,18-19,28-29H,5-6,13-14H2,(H,30,31);/b2*12-11-;/t2*18-,19-;/m11./s1. The van der Waals surface area contributed by atoms with Crippen LogP contribution in [0.4, 0.5) is 8.78 Å². The molecular weight excluding hydrogens is 835 g/mol. The Morgan fingerprint density at radius 2 is 0.921 bits per heavy atom. The number of hydrogen-bond donors (Lipinski definition) is 6. The van der Waals surface area contributed by atoms with Gasteiger partial charge in [0.15, 0.2) is 0 Å². The number of carboxylic acids is 2. The molecule has 2 aromatic heterocycles. The first-order chi connectivity index (χ1) is 29.8. The van der Waals surface area contributed by atoms with Gasteiger partial charge in [0.2, 0.25) is 0 Å². The van der Waals surface area contributed by atoms with E-state index in [0.29, 0.717) is 11.8 Å². The molecule has 2 saturated carbocycles. The smallest absolute Gasteiger partial charge is 0.305 e. The van der Waals surface area contributed by atoms with Gasteiger partial charge in [0.05, 0.1) is 59.7 Å². The number of carbonyl (C=O) groups is 2. The number of rotatable bonds is 16. The maximum atomic E-state index is 13.6. The van der Waals surface area contributed by atoms with E-state index in [0.717, 1.165) is 92.3 Å². The third-order valence-electron chi connectivity index (χ3n) is 10.9. The normalized spacial score (nSPS) is 15.7. The molecule has 4 atom stereocenters. The molecule has 4 aromatic carbocycles. The van der Waals surface area contributed by atoms with Gasteiger partial charge in [0, 0.05) is 95.4 Å². The molecule has 13 heteroatoms. The number of nitrogens with zero attached hydrogens (tertiary/aromatic N) is 2. The first-order valence-electron chi connectivity index (χ1n) is 20.7. The van der Waals surface area contributed by atoms with Crippen molar-refractivity contribution in [1.29, 1.82) is 0 Å². The fourth-order valence-corrected chi connectivity index (χ4v) is 7.72. The molecule has 322 valence electrons. The van der Waals surface area contributed by atoms with Crippen molar-refractivity contribution in [2.75, 3.05) is 0 Å². The molecule has 0 unspecified atom stereocenters. The number of hydrogen-bond acceptors (Lipinski definition) is 8. The van der Waals surface area contributed by atoms with Gasteiger partial charge < -0.3 is 30.6 Å². The second kappa shape index (κ2) is 21.6. The zero-order chi connectivity index (χ0) is 43.9. The summed E-state index contributed by atoms with van der Waals surface area (Å²) in [5.41, 5.74) is 8.85. The molecule has 2 fully saturated rings.